The second-order valence-corrected chi connectivity index (χ2v) is 6.56. The van der Waals surface area contributed by atoms with Crippen molar-refractivity contribution in [3.05, 3.63) is 17.2 Å². The van der Waals surface area contributed by atoms with Gasteiger partial charge in [-0.1, -0.05) is 25.7 Å². The first-order chi connectivity index (χ1) is 10.2. The van der Waals surface area contributed by atoms with Crippen LogP contribution in [0.4, 0.5) is 0 Å². The van der Waals surface area contributed by atoms with Gasteiger partial charge in [-0.05, 0) is 32.9 Å². The predicted octanol–water partition coefficient (Wildman–Crippen LogP) is 2.26. The summed E-state index contributed by atoms with van der Waals surface area (Å²) >= 11 is 0. The number of nitrogens with zero attached hydrogens (tertiary/aromatic N) is 3. The lowest BCUT2D eigenvalue weighted by atomic mass is 9.99. The lowest BCUT2D eigenvalue weighted by Crippen LogP contribution is -2.21. The summed E-state index contributed by atoms with van der Waals surface area (Å²) in [5, 5.41) is 0. The number of rotatable bonds is 2. The van der Waals surface area contributed by atoms with Gasteiger partial charge in [0.2, 0.25) is 0 Å². The number of nitrogens with two attached hydrogens (primary N) is 1. The van der Waals surface area contributed by atoms with E-state index in [1.165, 1.54) is 38.5 Å². The van der Waals surface area contributed by atoms with Gasteiger partial charge in [0.25, 0.3) is 5.91 Å². The average molecular weight is 290 g/mol. The zero-order valence-electron chi connectivity index (χ0n) is 13.0. The Balaban J connectivity index is 2.00. The summed E-state index contributed by atoms with van der Waals surface area (Å²) in [4.78, 5) is 18.7. The minimum absolute atomic E-state index is 0.381. The first-order valence-corrected chi connectivity index (χ1v) is 8.24. The monoisotopic (exact) mass is 290 g/mol. The highest BCUT2D eigenvalue weighted by Gasteiger charge is 2.28. The maximum Gasteiger partial charge on any atom is 0.269 e. The molecule has 1 aliphatic carbocycles. The van der Waals surface area contributed by atoms with Crippen LogP contribution in [-0.2, 0) is 13.1 Å². The molecule has 0 saturated heterocycles. The summed E-state index contributed by atoms with van der Waals surface area (Å²) in [7, 11) is 2.10. The summed E-state index contributed by atoms with van der Waals surface area (Å²) in [6, 6.07) is 0. The van der Waals surface area contributed by atoms with Crippen LogP contribution in [-0.4, -0.2) is 34.0 Å². The Bertz CT molecular complexity index is 515. The zero-order valence-corrected chi connectivity index (χ0v) is 13.0. The van der Waals surface area contributed by atoms with Crippen LogP contribution in [0.2, 0.25) is 0 Å². The molecule has 21 heavy (non-hydrogen) atoms. The normalized spacial score (nSPS) is 21.6. The molecule has 1 amide bonds. The van der Waals surface area contributed by atoms with Crippen molar-refractivity contribution in [1.82, 2.24) is 14.5 Å². The van der Waals surface area contributed by atoms with Crippen molar-refractivity contribution in [3.8, 4) is 0 Å². The molecule has 0 unspecified atom stereocenters. The molecule has 1 saturated carbocycles. The van der Waals surface area contributed by atoms with Crippen molar-refractivity contribution in [3.63, 3.8) is 0 Å². The van der Waals surface area contributed by atoms with Crippen molar-refractivity contribution < 1.29 is 4.79 Å². The third-order valence-electron chi connectivity index (χ3n) is 4.90. The number of hydrogen-bond acceptors (Lipinski definition) is 3. The molecule has 116 valence electrons. The number of hydrogen-bond donors (Lipinski definition) is 1. The summed E-state index contributed by atoms with van der Waals surface area (Å²) in [6.45, 7) is 2.80. The van der Waals surface area contributed by atoms with Crippen LogP contribution >= 0.6 is 0 Å². The van der Waals surface area contributed by atoms with Crippen LogP contribution < -0.4 is 5.73 Å². The predicted molar refractivity (Wildman–Crippen MR) is 82.1 cm³/mol. The lowest BCUT2D eigenvalue weighted by molar-refractivity contribution is 0.0994. The zero-order chi connectivity index (χ0) is 14.8. The number of amides is 1. The first kappa shape index (κ1) is 14.6. The van der Waals surface area contributed by atoms with Gasteiger partial charge in [-0.3, -0.25) is 4.79 Å². The number of imidazole rings is 1. The Hall–Kier alpha value is -1.36. The SMILES string of the molecule is CN1CCCn2c(C3CCCCCC3)nc(C(N)=O)c2C1. The summed E-state index contributed by atoms with van der Waals surface area (Å²) < 4.78 is 2.31. The molecule has 3 rings (SSSR count). The number of aromatic nitrogens is 2. The third kappa shape index (κ3) is 2.98. The van der Waals surface area contributed by atoms with Gasteiger partial charge in [0.05, 0.1) is 5.69 Å². The highest BCUT2D eigenvalue weighted by Crippen LogP contribution is 2.33. The molecule has 5 heteroatoms. The molecule has 5 nitrogen and oxygen atoms in total. The van der Waals surface area contributed by atoms with Gasteiger partial charge in [0.1, 0.15) is 5.82 Å². The Morgan fingerprint density at radius 3 is 2.52 bits per heavy atom. The molecule has 0 spiro atoms. The van der Waals surface area contributed by atoms with Gasteiger partial charge in [-0.2, -0.15) is 0 Å². The van der Waals surface area contributed by atoms with Gasteiger partial charge in [-0.15, -0.1) is 0 Å². The highest BCUT2D eigenvalue weighted by molar-refractivity contribution is 5.92. The van der Waals surface area contributed by atoms with E-state index >= 15 is 0 Å². The number of carbonyl (C=O) groups excluding carboxylic acids is 1. The number of fused-ring (bicyclic) bond motifs is 1. The fraction of sp³-hybridized carbons (Fsp3) is 0.750. The molecular formula is C16H26N4O. The molecule has 1 aromatic rings. The second-order valence-electron chi connectivity index (χ2n) is 6.56. The Morgan fingerprint density at radius 2 is 1.86 bits per heavy atom. The topological polar surface area (TPSA) is 64.2 Å². The van der Waals surface area contributed by atoms with Crippen LogP contribution in [0.5, 0.6) is 0 Å². The van der Waals surface area contributed by atoms with Crippen molar-refractivity contribution in [1.29, 1.82) is 0 Å². The summed E-state index contributed by atoms with van der Waals surface area (Å²) in [5.41, 5.74) is 7.11. The maximum atomic E-state index is 11.8. The van der Waals surface area contributed by atoms with E-state index < -0.39 is 0 Å². The molecule has 0 radical (unpaired) electrons. The molecule has 0 atom stereocenters. The smallest absolute Gasteiger partial charge is 0.269 e. The van der Waals surface area contributed by atoms with Crippen LogP contribution in [0.25, 0.3) is 0 Å². The number of carbonyl (C=O) groups is 1. The van der Waals surface area contributed by atoms with E-state index in [-0.39, 0.29) is 5.91 Å². The molecule has 1 aliphatic heterocycles. The van der Waals surface area contributed by atoms with Gasteiger partial charge >= 0.3 is 0 Å². The Morgan fingerprint density at radius 1 is 1.14 bits per heavy atom. The molecule has 0 aromatic carbocycles. The Labute approximate surface area is 126 Å². The van der Waals surface area contributed by atoms with Crippen molar-refractivity contribution in [2.45, 2.75) is 64.0 Å². The standard InChI is InChI=1S/C16H26N4O/c1-19-9-6-10-20-13(11-19)14(15(17)21)18-16(20)12-7-4-2-3-5-8-12/h12H,2-11H2,1H3,(H2,17,21). The van der Waals surface area contributed by atoms with Gasteiger partial charge < -0.3 is 15.2 Å². The fourth-order valence-electron chi connectivity index (χ4n) is 3.80. The van der Waals surface area contributed by atoms with Crippen molar-refractivity contribution >= 4 is 5.91 Å². The van der Waals surface area contributed by atoms with Crippen LogP contribution in [0.15, 0.2) is 0 Å². The first-order valence-electron chi connectivity index (χ1n) is 8.24. The van der Waals surface area contributed by atoms with E-state index in [2.05, 4.69) is 16.5 Å². The fourth-order valence-corrected chi connectivity index (χ4v) is 3.80. The van der Waals surface area contributed by atoms with E-state index in [1.54, 1.807) is 0 Å². The van der Waals surface area contributed by atoms with E-state index in [1.807, 2.05) is 0 Å². The minimum Gasteiger partial charge on any atom is -0.364 e. The maximum absolute atomic E-state index is 11.8. The third-order valence-corrected chi connectivity index (χ3v) is 4.90. The van der Waals surface area contributed by atoms with Gasteiger partial charge in [-0.25, -0.2) is 4.98 Å². The van der Waals surface area contributed by atoms with E-state index in [9.17, 15) is 4.79 Å². The van der Waals surface area contributed by atoms with Crippen molar-refractivity contribution in [2.24, 2.45) is 5.73 Å². The molecule has 0 bridgehead atoms. The molecule has 1 aromatic heterocycles. The van der Waals surface area contributed by atoms with Crippen molar-refractivity contribution in [2.75, 3.05) is 13.6 Å². The van der Waals surface area contributed by atoms with Gasteiger partial charge in [0.15, 0.2) is 5.69 Å². The molecule has 2 N–H and O–H groups in total. The summed E-state index contributed by atoms with van der Waals surface area (Å²) in [5.74, 6) is 1.24. The Kier molecular flexibility index (Phi) is 4.29. The minimum atomic E-state index is -0.381. The van der Waals surface area contributed by atoms with Crippen LogP contribution in [0, 0.1) is 0 Å². The van der Waals surface area contributed by atoms with Gasteiger partial charge in [0, 0.05) is 19.0 Å². The molecule has 1 fully saturated rings. The van der Waals surface area contributed by atoms with Crippen LogP contribution in [0.3, 0.4) is 0 Å². The van der Waals surface area contributed by atoms with E-state index in [0.29, 0.717) is 11.6 Å². The summed E-state index contributed by atoms with van der Waals surface area (Å²) in [6.07, 6.45) is 8.72. The highest BCUT2D eigenvalue weighted by atomic mass is 16.1. The molecule has 2 aliphatic rings. The molecule has 2 heterocycles. The largest absolute Gasteiger partial charge is 0.364 e. The quantitative estimate of drug-likeness (QED) is 0.850. The lowest BCUT2D eigenvalue weighted by Gasteiger charge is -2.16. The number of primary amides is 1. The van der Waals surface area contributed by atoms with Crippen LogP contribution in [0.1, 0.15) is 72.9 Å². The van der Waals surface area contributed by atoms with E-state index in [0.717, 1.165) is 37.6 Å². The second kappa shape index (κ2) is 6.18. The average Bonchev–Trinajstić information content (AvgIpc) is 2.65. The molecular weight excluding hydrogens is 264 g/mol. The van der Waals surface area contributed by atoms with E-state index in [4.69, 9.17) is 10.7 Å².